The number of benzene rings is 15. The monoisotopic (exact) mass is 1690 g/mol. The van der Waals surface area contributed by atoms with Crippen LogP contribution in [-0.4, -0.2) is 44.9 Å². The van der Waals surface area contributed by atoms with Crippen LogP contribution in [0.4, 0.5) is 4.39 Å². The molecule has 0 radical (unpaired) electrons. The zero-order chi connectivity index (χ0) is 84.4. The normalized spacial score (nSPS) is 11.8. The Morgan fingerprint density at radius 1 is 0.172 bits per heavy atom. The number of hydrogen-bond donors (Lipinski definition) is 0. The third-order valence-corrected chi connectivity index (χ3v) is 28.3. The molecule has 596 valence electrons. The van der Waals surface area contributed by atoms with E-state index in [-0.39, 0.29) is 5.82 Å². The molecule has 0 bridgehead atoms. The van der Waals surface area contributed by atoms with Gasteiger partial charge in [0.05, 0.1) is 34.2 Å². The molecule has 0 spiro atoms. The fraction of sp³-hybridized carbons (Fsp3) is 0. The minimum Gasteiger partial charge on any atom is -0.264 e. The predicted molar refractivity (Wildman–Crippen MR) is 529 cm³/mol. The van der Waals surface area contributed by atoms with Gasteiger partial charge in [-0.1, -0.05) is 212 Å². The van der Waals surface area contributed by atoms with E-state index in [1.807, 2.05) is 60.4 Å². The standard InChI is InChI=1S/C115H66FN9S3/c116-81-40-32-67(33-41-81)100-61-102(75-37-47-109-96(58-75)86-23-3-6-29-106(86)126-109)123-114(120-100)93-44-36-71(55-94(93)80-21-14-52-119-66-80)72-35-43-84-91-46-45-85(89-27-11-28-90(112(89)91)95(84)56-72)105-63-104(77-39-49-111-98(60-77)88-25-5-8-31-108(88)128-111)124-115(125-105)99-57-73(34-42-83(99)79-20-13-51-118-65-79)69-16-9-15-68(53-69)70-17-10-18-74(54-70)101-62-103(76-38-48-110-97(59-76)87-24-4-7-30-107(87)127-110)122-113(121-101)92-26-2-1-22-82(92)78-19-12-50-117-64-78/h1-66H. The molecule has 128 heavy (non-hydrogen) atoms. The van der Waals surface area contributed by atoms with Crippen molar-refractivity contribution in [2.75, 3.05) is 0 Å². The van der Waals surface area contributed by atoms with Crippen LogP contribution in [0.2, 0.25) is 0 Å². The largest absolute Gasteiger partial charge is 0.264 e. The highest BCUT2D eigenvalue weighted by Gasteiger charge is 2.28. The highest BCUT2D eigenvalue weighted by atomic mass is 32.1. The zero-order valence-electron chi connectivity index (χ0n) is 68.2. The van der Waals surface area contributed by atoms with Crippen LogP contribution >= 0.6 is 34.0 Å². The van der Waals surface area contributed by atoms with Crippen LogP contribution in [-0.2, 0) is 0 Å². The molecule has 0 fully saturated rings. The number of halogens is 1. The van der Waals surface area contributed by atoms with Crippen molar-refractivity contribution < 1.29 is 4.39 Å². The van der Waals surface area contributed by atoms with Crippen LogP contribution in [0.3, 0.4) is 0 Å². The molecule has 0 unspecified atom stereocenters. The van der Waals surface area contributed by atoms with Crippen molar-refractivity contribution in [1.29, 1.82) is 0 Å². The van der Waals surface area contributed by atoms with Crippen molar-refractivity contribution in [1.82, 2.24) is 44.9 Å². The second-order valence-electron chi connectivity index (χ2n) is 32.4. The molecular weight excluding hydrogens is 1620 g/mol. The molecule has 0 N–H and O–H groups in total. The van der Waals surface area contributed by atoms with Crippen molar-refractivity contribution in [3.05, 3.63) is 407 Å². The smallest absolute Gasteiger partial charge is 0.161 e. The van der Waals surface area contributed by atoms with Gasteiger partial charge in [-0.2, -0.15) is 0 Å². The van der Waals surface area contributed by atoms with Gasteiger partial charge in [0.1, 0.15) is 5.82 Å². The van der Waals surface area contributed by atoms with Gasteiger partial charge in [-0.25, -0.2) is 34.3 Å². The molecule has 9 heterocycles. The van der Waals surface area contributed by atoms with E-state index < -0.39 is 0 Å². The quantitative estimate of drug-likeness (QED) is 0.0989. The summed E-state index contributed by atoms with van der Waals surface area (Å²) in [5.74, 6) is 1.44. The Morgan fingerprint density at radius 3 is 1.02 bits per heavy atom. The fourth-order valence-electron chi connectivity index (χ4n) is 18.7. The molecule has 0 aliphatic heterocycles. The lowest BCUT2D eigenvalue weighted by molar-refractivity contribution is 0.628. The molecule has 1 aliphatic rings. The highest BCUT2D eigenvalue weighted by Crippen LogP contribution is 2.53. The molecule has 25 rings (SSSR count). The number of thiophene rings is 3. The topological polar surface area (TPSA) is 116 Å². The lowest BCUT2D eigenvalue weighted by Gasteiger charge is -2.16. The van der Waals surface area contributed by atoms with Gasteiger partial charge in [0.15, 0.2) is 17.5 Å². The summed E-state index contributed by atoms with van der Waals surface area (Å²) in [6.45, 7) is 0. The lowest BCUT2D eigenvalue weighted by Crippen LogP contribution is -1.99. The second kappa shape index (κ2) is 30.7. The summed E-state index contributed by atoms with van der Waals surface area (Å²) in [5, 5.41) is 9.46. The molecule has 15 aromatic carbocycles. The summed E-state index contributed by atoms with van der Waals surface area (Å²) in [7, 11) is 0. The molecule has 0 atom stereocenters. The van der Waals surface area contributed by atoms with Gasteiger partial charge in [0.2, 0.25) is 0 Å². The molecule has 13 heteroatoms. The SMILES string of the molecule is Fc1ccc(-c2cc(-c3ccc4sc5ccccc5c4c3)nc(-c3ccc(-c4ccc5c(c4)-c4cccc6c(-c7cc(-c8ccc9sc%10ccccc%10c9c8)nc(-c8cc(-c9cccc(-c%10cccc(-c%11cc(-c%12ccc%13sc%14ccccc%14c%13c%12)nc(-c%12ccccc%12-c%12cccnc%12)n%11)c%10)c9)ccc8-c8cccnc8)n7)ccc-5c46)cc3-c3cccnc3)n2)cc1. The third kappa shape index (κ3) is 13.1. The summed E-state index contributed by atoms with van der Waals surface area (Å²) in [6.07, 6.45) is 11.2. The number of nitrogens with zero attached hydrogens (tertiary/aromatic N) is 9. The van der Waals surface area contributed by atoms with Crippen LogP contribution in [0.25, 0.3) is 262 Å². The summed E-state index contributed by atoms with van der Waals surface area (Å²) < 4.78 is 22.0. The van der Waals surface area contributed by atoms with E-state index in [9.17, 15) is 4.39 Å². The predicted octanol–water partition coefficient (Wildman–Crippen LogP) is 31.3. The van der Waals surface area contributed by atoms with Gasteiger partial charge >= 0.3 is 0 Å². The number of aromatic nitrogens is 9. The first-order valence-electron chi connectivity index (χ1n) is 42.5. The first-order chi connectivity index (χ1) is 63.3. The molecule has 9 aromatic heterocycles. The van der Waals surface area contributed by atoms with E-state index in [1.165, 1.54) is 72.6 Å². The van der Waals surface area contributed by atoms with Crippen molar-refractivity contribution in [3.8, 4) is 191 Å². The average molecular weight is 1690 g/mol. The Kier molecular flexibility index (Phi) is 17.8. The Labute approximate surface area is 746 Å². The molecule has 0 amide bonds. The first kappa shape index (κ1) is 74.5. The summed E-state index contributed by atoms with van der Waals surface area (Å²) >= 11 is 5.40. The van der Waals surface area contributed by atoms with Gasteiger partial charge in [-0.05, 0) is 235 Å². The molecular formula is C115H66FN9S3. The summed E-state index contributed by atoms with van der Waals surface area (Å²) in [5.41, 5.74) is 29.5. The van der Waals surface area contributed by atoms with E-state index in [0.29, 0.717) is 23.2 Å². The van der Waals surface area contributed by atoms with Gasteiger partial charge < -0.3 is 0 Å². The summed E-state index contributed by atoms with van der Waals surface area (Å²) in [6, 6.07) is 128. The van der Waals surface area contributed by atoms with Crippen LogP contribution in [0, 0.1) is 5.82 Å². The van der Waals surface area contributed by atoms with Crippen molar-refractivity contribution in [2.45, 2.75) is 0 Å². The minimum absolute atomic E-state index is 0.314. The van der Waals surface area contributed by atoms with Crippen LogP contribution < -0.4 is 0 Å². The third-order valence-electron chi connectivity index (χ3n) is 24.9. The van der Waals surface area contributed by atoms with Crippen LogP contribution in [0.1, 0.15) is 0 Å². The van der Waals surface area contributed by atoms with Gasteiger partial charge in [0.25, 0.3) is 0 Å². The Morgan fingerprint density at radius 2 is 0.492 bits per heavy atom. The Balaban J connectivity index is 0.599. The van der Waals surface area contributed by atoms with Crippen molar-refractivity contribution in [2.24, 2.45) is 0 Å². The van der Waals surface area contributed by atoms with E-state index in [4.69, 9.17) is 34.9 Å². The van der Waals surface area contributed by atoms with E-state index in [0.717, 1.165) is 178 Å². The maximum absolute atomic E-state index is 14.7. The van der Waals surface area contributed by atoms with E-state index in [1.54, 1.807) is 47.2 Å². The highest BCUT2D eigenvalue weighted by molar-refractivity contribution is 7.26. The van der Waals surface area contributed by atoms with E-state index >= 15 is 0 Å². The molecule has 9 nitrogen and oxygen atoms in total. The molecule has 0 saturated heterocycles. The minimum atomic E-state index is -0.314. The fourth-order valence-corrected chi connectivity index (χ4v) is 21.9. The van der Waals surface area contributed by atoms with Gasteiger partial charge in [0, 0.05) is 164 Å². The Hall–Kier alpha value is -16.2. The van der Waals surface area contributed by atoms with Gasteiger partial charge in [-0.15, -0.1) is 34.0 Å². The van der Waals surface area contributed by atoms with Crippen molar-refractivity contribution in [3.63, 3.8) is 0 Å². The van der Waals surface area contributed by atoms with Crippen molar-refractivity contribution >= 4 is 105 Å². The first-order valence-corrected chi connectivity index (χ1v) is 44.9. The maximum atomic E-state index is 14.7. The molecule has 24 aromatic rings. The second-order valence-corrected chi connectivity index (χ2v) is 35.7. The Bertz CT molecular complexity index is 8670. The molecule has 1 aliphatic carbocycles. The average Bonchev–Trinajstić information content (AvgIpc) is 1.57. The van der Waals surface area contributed by atoms with Crippen LogP contribution in [0.5, 0.6) is 0 Å². The zero-order valence-corrected chi connectivity index (χ0v) is 70.7. The lowest BCUT2D eigenvalue weighted by atomic mass is 9.92. The maximum Gasteiger partial charge on any atom is 0.161 e. The van der Waals surface area contributed by atoms with Crippen LogP contribution in [0.15, 0.2) is 401 Å². The molecule has 0 saturated carbocycles. The van der Waals surface area contributed by atoms with E-state index in [2.05, 4.69) is 325 Å². The number of rotatable bonds is 15. The number of pyridine rings is 3. The van der Waals surface area contributed by atoms with Gasteiger partial charge in [-0.3, -0.25) is 15.0 Å². The number of hydrogen-bond acceptors (Lipinski definition) is 12. The summed E-state index contributed by atoms with van der Waals surface area (Å²) in [4.78, 5) is 47.0. The number of fused-ring (bicyclic) bond motifs is 12.